The van der Waals surface area contributed by atoms with Crippen molar-refractivity contribution < 1.29 is 4.74 Å². The molecule has 104 valence electrons. The predicted octanol–water partition coefficient (Wildman–Crippen LogP) is 2.43. The van der Waals surface area contributed by atoms with Crippen LogP contribution in [0.5, 0.6) is 5.75 Å². The first kappa shape index (κ1) is 12.9. The van der Waals surface area contributed by atoms with Gasteiger partial charge in [0, 0.05) is 18.2 Å². The molecule has 2 atom stereocenters. The minimum Gasteiger partial charge on any atom is -0.493 e. The number of benzene rings is 1. The minimum absolute atomic E-state index is 0.462. The molecule has 1 aliphatic carbocycles. The van der Waals surface area contributed by atoms with Gasteiger partial charge in [-0.25, -0.2) is 0 Å². The van der Waals surface area contributed by atoms with E-state index in [1.807, 2.05) is 0 Å². The maximum Gasteiger partial charge on any atom is 0.124 e. The molecule has 2 aliphatic rings. The van der Waals surface area contributed by atoms with Crippen LogP contribution in [0, 0.1) is 11.8 Å². The number of hydrogen-bond donors (Lipinski definition) is 1. The van der Waals surface area contributed by atoms with Crippen LogP contribution in [0.15, 0.2) is 24.3 Å². The van der Waals surface area contributed by atoms with Crippen LogP contribution in [0.25, 0.3) is 0 Å². The smallest absolute Gasteiger partial charge is 0.124 e. The third kappa shape index (κ3) is 2.93. The number of hydrogen-bond acceptors (Lipinski definition) is 3. The van der Waals surface area contributed by atoms with Crippen LogP contribution in [0.3, 0.4) is 0 Å². The van der Waals surface area contributed by atoms with Gasteiger partial charge in [0.2, 0.25) is 0 Å². The SMILES string of the molecule is CN1CC(CN)CC1c1ccccc1OCC1CC1. The molecule has 3 nitrogen and oxygen atoms in total. The quantitative estimate of drug-likeness (QED) is 0.883. The van der Waals surface area contributed by atoms with E-state index < -0.39 is 0 Å². The summed E-state index contributed by atoms with van der Waals surface area (Å²) >= 11 is 0. The van der Waals surface area contributed by atoms with Crippen LogP contribution in [-0.2, 0) is 0 Å². The summed E-state index contributed by atoms with van der Waals surface area (Å²) in [6.45, 7) is 2.76. The molecule has 0 aromatic heterocycles. The number of nitrogens with two attached hydrogens (primary N) is 1. The Kier molecular flexibility index (Phi) is 3.76. The van der Waals surface area contributed by atoms with Crippen molar-refractivity contribution >= 4 is 0 Å². The fourth-order valence-electron chi connectivity index (χ4n) is 3.02. The molecule has 19 heavy (non-hydrogen) atoms. The Bertz CT molecular complexity index is 431. The van der Waals surface area contributed by atoms with E-state index in [-0.39, 0.29) is 0 Å². The maximum atomic E-state index is 6.03. The Hall–Kier alpha value is -1.06. The first-order valence-corrected chi connectivity index (χ1v) is 7.40. The van der Waals surface area contributed by atoms with E-state index in [0.717, 1.165) is 37.8 Å². The third-order valence-corrected chi connectivity index (χ3v) is 4.42. The third-order valence-electron chi connectivity index (χ3n) is 4.42. The monoisotopic (exact) mass is 260 g/mol. The van der Waals surface area contributed by atoms with Crippen LogP contribution >= 0.6 is 0 Å². The van der Waals surface area contributed by atoms with Gasteiger partial charge in [-0.05, 0) is 50.8 Å². The highest BCUT2D eigenvalue weighted by Crippen LogP contribution is 2.39. The molecule has 2 unspecified atom stereocenters. The molecule has 1 aromatic rings. The molecule has 0 bridgehead atoms. The van der Waals surface area contributed by atoms with Gasteiger partial charge in [0.05, 0.1) is 6.61 Å². The van der Waals surface area contributed by atoms with Crippen LogP contribution in [0.2, 0.25) is 0 Å². The van der Waals surface area contributed by atoms with Gasteiger partial charge in [0.1, 0.15) is 5.75 Å². The van der Waals surface area contributed by atoms with Gasteiger partial charge < -0.3 is 10.5 Å². The van der Waals surface area contributed by atoms with Crippen molar-refractivity contribution in [1.82, 2.24) is 4.90 Å². The average Bonchev–Trinajstić information content (AvgIpc) is 3.19. The van der Waals surface area contributed by atoms with Gasteiger partial charge in [0.15, 0.2) is 0 Å². The summed E-state index contributed by atoms with van der Waals surface area (Å²) in [6, 6.07) is 8.97. The number of ether oxygens (including phenoxy) is 1. The van der Waals surface area contributed by atoms with E-state index in [9.17, 15) is 0 Å². The Morgan fingerprint density at radius 3 is 2.74 bits per heavy atom. The summed E-state index contributed by atoms with van der Waals surface area (Å²) in [6.07, 6.45) is 3.82. The van der Waals surface area contributed by atoms with Gasteiger partial charge in [-0.2, -0.15) is 0 Å². The van der Waals surface area contributed by atoms with Gasteiger partial charge in [0.25, 0.3) is 0 Å². The molecule has 3 heteroatoms. The largest absolute Gasteiger partial charge is 0.493 e. The van der Waals surface area contributed by atoms with E-state index in [1.165, 1.54) is 18.4 Å². The summed E-state index contributed by atoms with van der Waals surface area (Å²) in [5, 5.41) is 0. The van der Waals surface area contributed by atoms with Crippen LogP contribution < -0.4 is 10.5 Å². The molecule has 1 saturated carbocycles. The lowest BCUT2D eigenvalue weighted by atomic mass is 9.99. The lowest BCUT2D eigenvalue weighted by molar-refractivity contribution is 0.273. The van der Waals surface area contributed by atoms with Crippen molar-refractivity contribution in [1.29, 1.82) is 0 Å². The highest BCUT2D eigenvalue weighted by molar-refractivity contribution is 5.36. The number of nitrogens with zero attached hydrogens (tertiary/aromatic N) is 1. The summed E-state index contributed by atoms with van der Waals surface area (Å²) in [4.78, 5) is 2.41. The molecular formula is C16H24N2O. The van der Waals surface area contributed by atoms with Crippen molar-refractivity contribution in [3.05, 3.63) is 29.8 Å². The number of para-hydroxylation sites is 1. The molecule has 0 radical (unpaired) electrons. The Labute approximate surface area is 115 Å². The van der Waals surface area contributed by atoms with E-state index in [1.54, 1.807) is 0 Å². The van der Waals surface area contributed by atoms with E-state index in [0.29, 0.717) is 12.0 Å². The summed E-state index contributed by atoms with van der Waals surface area (Å²) in [5.41, 5.74) is 7.16. The maximum absolute atomic E-state index is 6.03. The molecule has 3 rings (SSSR count). The van der Waals surface area contributed by atoms with Crippen LogP contribution in [0.4, 0.5) is 0 Å². The fourth-order valence-corrected chi connectivity index (χ4v) is 3.02. The molecule has 1 aliphatic heterocycles. The molecule has 1 heterocycles. The van der Waals surface area contributed by atoms with Gasteiger partial charge in [-0.15, -0.1) is 0 Å². The molecule has 0 spiro atoms. The van der Waals surface area contributed by atoms with E-state index >= 15 is 0 Å². The van der Waals surface area contributed by atoms with Crippen molar-refractivity contribution in [3.8, 4) is 5.75 Å². The second kappa shape index (κ2) is 5.51. The van der Waals surface area contributed by atoms with Gasteiger partial charge in [-0.3, -0.25) is 4.90 Å². The molecule has 2 N–H and O–H groups in total. The van der Waals surface area contributed by atoms with Crippen LogP contribution in [-0.4, -0.2) is 31.6 Å². The zero-order valence-corrected chi connectivity index (χ0v) is 11.7. The zero-order valence-electron chi connectivity index (χ0n) is 11.7. The summed E-state index contributed by atoms with van der Waals surface area (Å²) in [7, 11) is 2.19. The number of likely N-dealkylation sites (tertiary alicyclic amines) is 1. The lowest BCUT2D eigenvalue weighted by Gasteiger charge is -2.22. The topological polar surface area (TPSA) is 38.5 Å². The van der Waals surface area contributed by atoms with Crippen molar-refractivity contribution in [2.24, 2.45) is 17.6 Å². The Balaban J connectivity index is 1.75. The average molecular weight is 260 g/mol. The fraction of sp³-hybridized carbons (Fsp3) is 0.625. The van der Waals surface area contributed by atoms with Crippen LogP contribution in [0.1, 0.15) is 30.9 Å². The predicted molar refractivity (Wildman–Crippen MR) is 77.2 cm³/mol. The minimum atomic E-state index is 0.462. The highest BCUT2D eigenvalue weighted by atomic mass is 16.5. The molecule has 1 aromatic carbocycles. The summed E-state index contributed by atoms with van der Waals surface area (Å²) < 4.78 is 6.03. The van der Waals surface area contributed by atoms with Gasteiger partial charge in [-0.1, -0.05) is 18.2 Å². The van der Waals surface area contributed by atoms with Crippen molar-refractivity contribution in [2.45, 2.75) is 25.3 Å². The first-order chi connectivity index (χ1) is 9.28. The Morgan fingerprint density at radius 1 is 1.26 bits per heavy atom. The molecule has 2 fully saturated rings. The van der Waals surface area contributed by atoms with Gasteiger partial charge >= 0.3 is 0 Å². The first-order valence-electron chi connectivity index (χ1n) is 7.40. The Morgan fingerprint density at radius 2 is 2.05 bits per heavy atom. The molecular weight excluding hydrogens is 236 g/mol. The van der Waals surface area contributed by atoms with Crippen molar-refractivity contribution in [2.75, 3.05) is 26.7 Å². The zero-order chi connectivity index (χ0) is 13.2. The standard InChI is InChI=1S/C16H24N2O/c1-18-10-13(9-17)8-15(18)14-4-2-3-5-16(14)19-11-12-6-7-12/h2-5,12-13,15H,6-11,17H2,1H3. The second-order valence-electron chi connectivity index (χ2n) is 6.09. The van der Waals surface area contributed by atoms with Crippen molar-refractivity contribution in [3.63, 3.8) is 0 Å². The van der Waals surface area contributed by atoms with E-state index in [2.05, 4.69) is 36.2 Å². The number of rotatable bonds is 5. The normalized spacial score (nSPS) is 27.7. The second-order valence-corrected chi connectivity index (χ2v) is 6.09. The lowest BCUT2D eigenvalue weighted by Crippen LogP contribution is -2.21. The van der Waals surface area contributed by atoms with E-state index in [4.69, 9.17) is 10.5 Å². The molecule has 1 saturated heterocycles. The molecule has 0 amide bonds. The summed E-state index contributed by atoms with van der Waals surface area (Å²) in [5.74, 6) is 2.49. The highest BCUT2D eigenvalue weighted by Gasteiger charge is 2.31.